The van der Waals surface area contributed by atoms with Crippen molar-refractivity contribution < 1.29 is 4.79 Å². The number of hydrogen-bond acceptors (Lipinski definition) is 5. The van der Waals surface area contributed by atoms with Crippen molar-refractivity contribution in [3.63, 3.8) is 0 Å². The van der Waals surface area contributed by atoms with Crippen molar-refractivity contribution in [1.29, 1.82) is 0 Å². The lowest BCUT2D eigenvalue weighted by Gasteiger charge is -2.22. The van der Waals surface area contributed by atoms with Crippen molar-refractivity contribution >= 4 is 42.1 Å². The molecule has 0 radical (unpaired) electrons. The topological polar surface area (TPSA) is 66.9 Å². The fourth-order valence-corrected chi connectivity index (χ4v) is 3.34. The van der Waals surface area contributed by atoms with Gasteiger partial charge in [-0.05, 0) is 31.5 Å². The number of rotatable bonds is 5. The lowest BCUT2D eigenvalue weighted by Crippen LogP contribution is -2.47. The summed E-state index contributed by atoms with van der Waals surface area (Å²) in [4.78, 5) is 20.9. The van der Waals surface area contributed by atoms with E-state index >= 15 is 0 Å². The summed E-state index contributed by atoms with van der Waals surface area (Å²) >= 11 is 1.61. The Kier molecular flexibility index (Phi) is 9.21. The SMILES string of the molecule is Cl.Cl.O=C(NCCc1nc(-c2ccccn2)cs1)[C@H]1CCCCN1. The fourth-order valence-electron chi connectivity index (χ4n) is 2.55. The molecule has 0 aliphatic carbocycles. The average molecular weight is 389 g/mol. The van der Waals surface area contributed by atoms with Crippen LogP contribution in [0.2, 0.25) is 0 Å². The van der Waals surface area contributed by atoms with Gasteiger partial charge >= 0.3 is 0 Å². The molecule has 1 atom stereocenters. The number of hydrogen-bond donors (Lipinski definition) is 2. The van der Waals surface area contributed by atoms with Crippen LogP contribution >= 0.6 is 36.2 Å². The first kappa shape index (κ1) is 20.8. The zero-order chi connectivity index (χ0) is 15.2. The number of nitrogens with zero attached hydrogens (tertiary/aromatic N) is 2. The van der Waals surface area contributed by atoms with Crippen LogP contribution in [0.4, 0.5) is 0 Å². The second-order valence-electron chi connectivity index (χ2n) is 5.38. The van der Waals surface area contributed by atoms with Gasteiger partial charge in [-0.25, -0.2) is 4.98 Å². The largest absolute Gasteiger partial charge is 0.354 e. The van der Waals surface area contributed by atoms with Crippen LogP contribution in [0.25, 0.3) is 11.4 Å². The number of pyridine rings is 1. The van der Waals surface area contributed by atoms with Gasteiger partial charge in [-0.2, -0.15) is 0 Å². The number of piperidine rings is 1. The molecule has 5 nitrogen and oxygen atoms in total. The highest BCUT2D eigenvalue weighted by Crippen LogP contribution is 2.19. The van der Waals surface area contributed by atoms with E-state index in [1.807, 2.05) is 23.6 Å². The van der Waals surface area contributed by atoms with Gasteiger partial charge in [0.1, 0.15) is 0 Å². The van der Waals surface area contributed by atoms with Crippen LogP contribution in [0.3, 0.4) is 0 Å². The van der Waals surface area contributed by atoms with Crippen LogP contribution in [-0.2, 0) is 11.2 Å². The predicted molar refractivity (Wildman–Crippen MR) is 102 cm³/mol. The minimum Gasteiger partial charge on any atom is -0.354 e. The van der Waals surface area contributed by atoms with Crippen molar-refractivity contribution in [3.05, 3.63) is 34.8 Å². The van der Waals surface area contributed by atoms with E-state index in [4.69, 9.17) is 0 Å². The van der Waals surface area contributed by atoms with E-state index in [0.29, 0.717) is 6.54 Å². The van der Waals surface area contributed by atoms with E-state index in [1.165, 1.54) is 6.42 Å². The minimum atomic E-state index is -0.0193. The van der Waals surface area contributed by atoms with E-state index in [2.05, 4.69) is 20.6 Å². The van der Waals surface area contributed by atoms with Crippen molar-refractivity contribution in [3.8, 4) is 11.4 Å². The molecule has 3 heterocycles. The molecule has 0 unspecified atom stereocenters. The van der Waals surface area contributed by atoms with Gasteiger partial charge in [0.25, 0.3) is 0 Å². The molecule has 8 heteroatoms. The van der Waals surface area contributed by atoms with Crippen LogP contribution in [0.1, 0.15) is 24.3 Å². The molecule has 132 valence electrons. The second-order valence-corrected chi connectivity index (χ2v) is 6.33. The van der Waals surface area contributed by atoms with E-state index in [-0.39, 0.29) is 36.8 Å². The third-order valence-electron chi connectivity index (χ3n) is 3.74. The monoisotopic (exact) mass is 388 g/mol. The van der Waals surface area contributed by atoms with Crippen LogP contribution in [0, 0.1) is 0 Å². The van der Waals surface area contributed by atoms with E-state index in [1.54, 1.807) is 17.5 Å². The van der Waals surface area contributed by atoms with Crippen LogP contribution in [-0.4, -0.2) is 35.0 Å². The summed E-state index contributed by atoms with van der Waals surface area (Å²) in [5.41, 5.74) is 1.79. The quantitative estimate of drug-likeness (QED) is 0.825. The highest BCUT2D eigenvalue weighted by molar-refractivity contribution is 7.09. The Bertz CT molecular complexity index is 618. The molecule has 1 aliphatic heterocycles. The first-order chi connectivity index (χ1) is 10.8. The van der Waals surface area contributed by atoms with Gasteiger partial charge in [-0.1, -0.05) is 12.5 Å². The summed E-state index contributed by atoms with van der Waals surface area (Å²) in [6, 6.07) is 5.79. The number of carbonyl (C=O) groups is 1. The third-order valence-corrected chi connectivity index (χ3v) is 4.65. The average Bonchev–Trinajstić information content (AvgIpc) is 3.05. The highest BCUT2D eigenvalue weighted by Gasteiger charge is 2.19. The van der Waals surface area contributed by atoms with Crippen molar-refractivity contribution in [2.24, 2.45) is 0 Å². The van der Waals surface area contributed by atoms with Crippen molar-refractivity contribution in [1.82, 2.24) is 20.6 Å². The third kappa shape index (κ3) is 5.70. The smallest absolute Gasteiger partial charge is 0.237 e. The summed E-state index contributed by atoms with van der Waals surface area (Å²) < 4.78 is 0. The summed E-state index contributed by atoms with van der Waals surface area (Å²) in [6.07, 6.45) is 5.76. The van der Waals surface area contributed by atoms with Gasteiger partial charge in [0.05, 0.1) is 22.4 Å². The number of carbonyl (C=O) groups excluding carboxylic acids is 1. The standard InChI is InChI=1S/C16H20N4OS.2ClH/c21-16(13-6-2-4-9-18-13)19-10-7-15-20-14(11-22-15)12-5-1-3-8-17-12;;/h1,3,5,8,11,13,18H,2,4,6-7,9-10H2,(H,19,21);2*1H/t13-;;/m1../s1. The van der Waals surface area contributed by atoms with E-state index in [0.717, 1.165) is 42.2 Å². The first-order valence-corrected chi connectivity index (χ1v) is 8.58. The number of thiazole rings is 1. The number of aromatic nitrogens is 2. The van der Waals surface area contributed by atoms with Gasteiger partial charge in [0.2, 0.25) is 5.91 Å². The molecule has 0 spiro atoms. The predicted octanol–water partition coefficient (Wildman–Crippen LogP) is 2.85. The lowest BCUT2D eigenvalue weighted by atomic mass is 10.0. The highest BCUT2D eigenvalue weighted by atomic mass is 35.5. The second kappa shape index (κ2) is 10.6. The maximum Gasteiger partial charge on any atom is 0.237 e. The maximum absolute atomic E-state index is 12.0. The van der Waals surface area contributed by atoms with Gasteiger partial charge in [-0.3, -0.25) is 9.78 Å². The Morgan fingerprint density at radius 3 is 2.88 bits per heavy atom. The van der Waals surface area contributed by atoms with E-state index < -0.39 is 0 Å². The number of nitrogens with one attached hydrogen (secondary N) is 2. The molecule has 2 aromatic heterocycles. The first-order valence-electron chi connectivity index (χ1n) is 7.70. The minimum absolute atomic E-state index is 0. The zero-order valence-electron chi connectivity index (χ0n) is 13.2. The summed E-state index contributed by atoms with van der Waals surface area (Å²) in [5.74, 6) is 0.112. The molecular formula is C16H22Cl2N4OS. The van der Waals surface area contributed by atoms with Crippen LogP contribution < -0.4 is 10.6 Å². The Morgan fingerprint density at radius 1 is 1.29 bits per heavy atom. The molecular weight excluding hydrogens is 367 g/mol. The molecule has 1 amide bonds. The normalized spacial score (nSPS) is 16.6. The van der Waals surface area contributed by atoms with E-state index in [9.17, 15) is 4.79 Å². The Labute approximate surface area is 158 Å². The molecule has 2 N–H and O–H groups in total. The Morgan fingerprint density at radius 2 is 2.17 bits per heavy atom. The molecule has 0 aromatic carbocycles. The van der Waals surface area contributed by atoms with Crippen molar-refractivity contribution in [2.75, 3.05) is 13.1 Å². The fraction of sp³-hybridized carbons (Fsp3) is 0.438. The van der Waals surface area contributed by atoms with Gasteiger partial charge < -0.3 is 10.6 Å². The summed E-state index contributed by atoms with van der Waals surface area (Å²) in [6.45, 7) is 1.57. The van der Waals surface area contributed by atoms with Gasteiger partial charge in [0.15, 0.2) is 0 Å². The van der Waals surface area contributed by atoms with Crippen LogP contribution in [0.15, 0.2) is 29.8 Å². The number of halogens is 2. The Balaban J connectivity index is 0.00000144. The summed E-state index contributed by atoms with van der Waals surface area (Å²) in [7, 11) is 0. The molecule has 0 bridgehead atoms. The lowest BCUT2D eigenvalue weighted by molar-refractivity contribution is -0.123. The van der Waals surface area contributed by atoms with Crippen LogP contribution in [0.5, 0.6) is 0 Å². The summed E-state index contributed by atoms with van der Waals surface area (Å²) in [5, 5.41) is 9.30. The van der Waals surface area contributed by atoms with Crippen molar-refractivity contribution in [2.45, 2.75) is 31.7 Å². The molecule has 1 fully saturated rings. The molecule has 3 rings (SSSR count). The maximum atomic E-state index is 12.0. The molecule has 24 heavy (non-hydrogen) atoms. The van der Waals surface area contributed by atoms with Gasteiger partial charge in [0, 0.05) is 24.5 Å². The van der Waals surface area contributed by atoms with Gasteiger partial charge in [-0.15, -0.1) is 36.2 Å². The molecule has 0 saturated carbocycles. The molecule has 2 aromatic rings. The molecule has 1 saturated heterocycles. The molecule has 1 aliphatic rings. The Hall–Kier alpha value is -1.21. The zero-order valence-corrected chi connectivity index (χ0v) is 15.7. The number of amides is 1.